The summed E-state index contributed by atoms with van der Waals surface area (Å²) in [5.41, 5.74) is 0. The molecule has 0 bridgehead atoms. The Bertz CT molecular complexity index is 1200. The maximum atomic E-state index is 2.82. The highest BCUT2D eigenvalue weighted by Gasteiger charge is 2.57. The van der Waals surface area contributed by atoms with Crippen molar-refractivity contribution in [2.75, 3.05) is 12.3 Å². The van der Waals surface area contributed by atoms with Crippen molar-refractivity contribution in [1.29, 1.82) is 0 Å². The zero-order chi connectivity index (χ0) is 29.4. The van der Waals surface area contributed by atoms with Crippen LogP contribution in [0, 0.1) is 23.7 Å². The molecule has 2 aliphatic heterocycles. The Morgan fingerprint density at radius 3 is 1.36 bits per heavy atom. The minimum atomic E-state index is -0.130. The van der Waals surface area contributed by atoms with Gasteiger partial charge in [0.15, 0.2) is 0 Å². The molecule has 44 heavy (non-hydrogen) atoms. The van der Waals surface area contributed by atoms with Crippen LogP contribution in [0.1, 0.15) is 154 Å². The zero-order valence-electron chi connectivity index (χ0n) is 28.1. The van der Waals surface area contributed by atoms with Gasteiger partial charge < -0.3 is 0 Å². The molecule has 2 heteroatoms. The zero-order valence-corrected chi connectivity index (χ0v) is 29.8. The molecule has 0 aromatic heterocycles. The lowest BCUT2D eigenvalue weighted by atomic mass is 9.67. The van der Waals surface area contributed by atoms with Gasteiger partial charge in [-0.3, -0.25) is 0 Å². The van der Waals surface area contributed by atoms with Gasteiger partial charge in [-0.15, -0.1) is 0 Å². The van der Waals surface area contributed by atoms with Crippen LogP contribution in [0.5, 0.6) is 0 Å². The first-order valence-electron chi connectivity index (χ1n) is 19.9. The summed E-state index contributed by atoms with van der Waals surface area (Å²) in [7, 11) is -0.234. The predicted molar refractivity (Wildman–Crippen MR) is 197 cm³/mol. The summed E-state index contributed by atoms with van der Waals surface area (Å²) in [4.78, 5) is 0. The van der Waals surface area contributed by atoms with Crippen LogP contribution < -0.4 is 10.6 Å². The van der Waals surface area contributed by atoms with Gasteiger partial charge in [0.05, 0.1) is 0 Å². The molecule has 2 atom stereocenters. The van der Waals surface area contributed by atoms with E-state index >= 15 is 0 Å². The summed E-state index contributed by atoms with van der Waals surface area (Å²) in [6, 6.07) is 15.3. The first kappa shape index (κ1) is 30.9. The molecule has 2 aromatic rings. The second kappa shape index (κ2) is 13.6. The number of fused-ring (bicyclic) bond motifs is 1. The van der Waals surface area contributed by atoms with Crippen molar-refractivity contribution in [3.63, 3.8) is 0 Å². The number of benzene rings is 2. The molecule has 2 saturated heterocycles. The van der Waals surface area contributed by atoms with E-state index in [0.717, 1.165) is 23.7 Å². The van der Waals surface area contributed by atoms with Crippen LogP contribution in [-0.2, 0) is 0 Å². The van der Waals surface area contributed by atoms with Crippen molar-refractivity contribution in [1.82, 2.24) is 0 Å². The monoisotopic (exact) mass is 628 g/mol. The van der Waals surface area contributed by atoms with Gasteiger partial charge in [0.25, 0.3) is 0 Å². The molecule has 0 spiro atoms. The fourth-order valence-corrected chi connectivity index (χ4v) is 21.9. The van der Waals surface area contributed by atoms with Crippen molar-refractivity contribution < 1.29 is 0 Å². The summed E-state index contributed by atoms with van der Waals surface area (Å²) in [6.45, 7) is 0. The average molecular weight is 629 g/mol. The molecule has 4 saturated carbocycles. The van der Waals surface area contributed by atoms with Gasteiger partial charge in [0.2, 0.25) is 0 Å². The Morgan fingerprint density at radius 2 is 0.864 bits per heavy atom. The molecular formula is C42H62P2. The van der Waals surface area contributed by atoms with Gasteiger partial charge in [0.1, 0.15) is 0 Å². The van der Waals surface area contributed by atoms with Crippen molar-refractivity contribution >= 4 is 37.2 Å². The molecule has 6 fully saturated rings. The molecule has 0 N–H and O–H groups in total. The molecule has 4 aliphatic carbocycles. The third-order valence-electron chi connectivity index (χ3n) is 14.6. The Hall–Kier alpha value is -0.440. The maximum absolute atomic E-state index is 2.82. The lowest BCUT2D eigenvalue weighted by Gasteiger charge is -2.54. The van der Waals surface area contributed by atoms with E-state index in [1.165, 1.54) is 89.9 Å². The first-order chi connectivity index (χ1) is 21.8. The Kier molecular flexibility index (Phi) is 9.53. The van der Waals surface area contributed by atoms with Gasteiger partial charge >= 0.3 is 0 Å². The largest absolute Gasteiger partial charge is 0.0677 e. The Morgan fingerprint density at radius 1 is 0.432 bits per heavy atom. The van der Waals surface area contributed by atoms with E-state index in [1.807, 2.05) is 10.6 Å². The van der Waals surface area contributed by atoms with Gasteiger partial charge in [-0.1, -0.05) is 129 Å². The fourth-order valence-electron chi connectivity index (χ4n) is 12.9. The van der Waals surface area contributed by atoms with Crippen molar-refractivity contribution in [2.24, 2.45) is 23.7 Å². The molecule has 2 heterocycles. The topological polar surface area (TPSA) is 0 Å². The minimum Gasteiger partial charge on any atom is -0.0677 e. The van der Waals surface area contributed by atoms with Gasteiger partial charge in [-0.05, 0) is 134 Å². The number of hydrogen-bond donors (Lipinski definition) is 0. The summed E-state index contributed by atoms with van der Waals surface area (Å²) in [5, 5.41) is 8.61. The summed E-state index contributed by atoms with van der Waals surface area (Å²) in [5.74, 6) is 4.06. The van der Waals surface area contributed by atoms with Crippen LogP contribution in [0.15, 0.2) is 36.4 Å². The molecule has 0 radical (unpaired) electrons. The lowest BCUT2D eigenvalue weighted by Crippen LogP contribution is -2.49. The van der Waals surface area contributed by atoms with E-state index in [0.29, 0.717) is 10.3 Å². The number of rotatable bonds is 6. The normalized spacial score (nSPS) is 31.1. The van der Waals surface area contributed by atoms with E-state index < -0.39 is 0 Å². The van der Waals surface area contributed by atoms with E-state index in [9.17, 15) is 0 Å². The van der Waals surface area contributed by atoms with E-state index in [2.05, 4.69) is 36.4 Å². The third-order valence-corrected chi connectivity index (χ3v) is 22.2. The molecule has 8 rings (SSSR count). The van der Waals surface area contributed by atoms with Crippen LogP contribution >= 0.6 is 15.8 Å². The van der Waals surface area contributed by atoms with E-state index in [4.69, 9.17) is 0 Å². The molecular weight excluding hydrogens is 566 g/mol. The fraction of sp³-hybridized carbons (Fsp3) is 0.762. The lowest BCUT2D eigenvalue weighted by molar-refractivity contribution is 0.168. The maximum Gasteiger partial charge on any atom is 0.000264 e. The van der Waals surface area contributed by atoms with Gasteiger partial charge in [-0.25, -0.2) is 0 Å². The summed E-state index contributed by atoms with van der Waals surface area (Å²) < 4.78 is 0. The van der Waals surface area contributed by atoms with Gasteiger partial charge in [0, 0.05) is 10.3 Å². The summed E-state index contributed by atoms with van der Waals surface area (Å²) in [6.07, 6.45) is 39.9. The van der Waals surface area contributed by atoms with Crippen LogP contribution in [0.3, 0.4) is 0 Å². The number of hydrogen-bond acceptors (Lipinski definition) is 0. The third kappa shape index (κ3) is 5.30. The second-order valence-corrected chi connectivity index (χ2v) is 21.7. The molecule has 2 aromatic carbocycles. The van der Waals surface area contributed by atoms with E-state index in [-0.39, 0.29) is 15.8 Å². The summed E-state index contributed by atoms with van der Waals surface area (Å²) >= 11 is 0. The second-order valence-electron chi connectivity index (χ2n) is 16.5. The highest BCUT2D eigenvalue weighted by Crippen LogP contribution is 2.72. The molecule has 0 amide bonds. The van der Waals surface area contributed by atoms with E-state index in [1.54, 1.807) is 87.3 Å². The molecule has 0 nitrogen and oxygen atoms in total. The van der Waals surface area contributed by atoms with Crippen LogP contribution in [-0.4, -0.2) is 22.6 Å². The van der Waals surface area contributed by atoms with Crippen molar-refractivity contribution in [3.05, 3.63) is 36.4 Å². The molecule has 6 aliphatic rings. The first-order valence-corrected chi connectivity index (χ1v) is 22.9. The Balaban J connectivity index is 1.30. The highest BCUT2D eigenvalue weighted by molar-refractivity contribution is 7.74. The minimum absolute atomic E-state index is 0.104. The van der Waals surface area contributed by atoms with Gasteiger partial charge in [-0.2, -0.15) is 0 Å². The Labute approximate surface area is 273 Å². The average Bonchev–Trinajstić information content (AvgIpc) is 3.76. The smallest absolute Gasteiger partial charge is 0.000264 e. The quantitative estimate of drug-likeness (QED) is 0.279. The van der Waals surface area contributed by atoms with Crippen molar-refractivity contribution in [2.45, 2.75) is 164 Å². The van der Waals surface area contributed by atoms with Crippen LogP contribution in [0.4, 0.5) is 0 Å². The van der Waals surface area contributed by atoms with Crippen LogP contribution in [0.2, 0.25) is 0 Å². The molecule has 240 valence electrons. The standard InChI is InChI=1S/C42H62P2/c1-5-18-34(19-6-1)41(35-20-7-2-8-21-35)29-15-31-43(41)39-28-27-33-17-13-14-26-38(33)40(39)44-32-16-30-42(44,36-22-9-3-10-23-36)37-24-11-4-12-25-37/h13-14,17,26-28,34-37H,1-12,15-16,18-25,29-32H2. The highest BCUT2D eigenvalue weighted by atomic mass is 31.1. The van der Waals surface area contributed by atoms with Crippen molar-refractivity contribution in [3.8, 4) is 0 Å². The van der Waals surface area contributed by atoms with Crippen LogP contribution in [0.25, 0.3) is 10.8 Å². The molecule has 2 unspecified atom stereocenters. The predicted octanol–water partition coefficient (Wildman–Crippen LogP) is 12.4. The SMILES string of the molecule is c1ccc2c(P3CCCC3(C3CCCCC3)C3CCCCC3)c(P3CCCC3(C3CCCCC3)C3CCCCC3)ccc2c1.